The van der Waals surface area contributed by atoms with Gasteiger partial charge in [0, 0.05) is 48.8 Å². The molecule has 2 aromatic heterocycles. The van der Waals surface area contributed by atoms with Crippen molar-refractivity contribution >= 4 is 34.6 Å². The zero-order valence-electron chi connectivity index (χ0n) is 23.0. The van der Waals surface area contributed by atoms with E-state index < -0.39 is 23.8 Å². The molecule has 0 aliphatic rings. The first-order valence-electron chi connectivity index (χ1n) is 13.2. The topological polar surface area (TPSA) is 180 Å². The van der Waals surface area contributed by atoms with Crippen LogP contribution in [0.25, 0.3) is 10.9 Å². The van der Waals surface area contributed by atoms with Gasteiger partial charge in [-0.25, -0.2) is 10.3 Å². The Labute approximate surface area is 232 Å². The Hall–Kier alpha value is -4.26. The molecule has 0 saturated carbocycles. The summed E-state index contributed by atoms with van der Waals surface area (Å²) in [6.07, 6.45) is 4.79. The van der Waals surface area contributed by atoms with Crippen LogP contribution in [0.2, 0.25) is 0 Å². The largest absolute Gasteiger partial charge is 0.467 e. The van der Waals surface area contributed by atoms with Gasteiger partial charge in [-0.15, -0.1) is 5.10 Å². The van der Waals surface area contributed by atoms with E-state index in [4.69, 9.17) is 9.94 Å². The summed E-state index contributed by atoms with van der Waals surface area (Å²) < 4.78 is 6.47. The number of hydroxylamine groups is 1. The number of hydrogen-bond donors (Lipinski definition) is 5. The Morgan fingerprint density at radius 1 is 1.15 bits per heavy atom. The van der Waals surface area contributed by atoms with Gasteiger partial charge in [-0.05, 0) is 30.4 Å². The number of benzene rings is 1. The number of rotatable bonds is 15. The number of H-pyrrole nitrogens is 1. The van der Waals surface area contributed by atoms with Gasteiger partial charge in [-0.1, -0.05) is 37.3 Å². The number of hydrogen-bond acceptors (Lipinski definition) is 8. The quantitative estimate of drug-likeness (QED) is 0.107. The highest BCUT2D eigenvalue weighted by Crippen LogP contribution is 2.19. The summed E-state index contributed by atoms with van der Waals surface area (Å²) in [6, 6.07) is 6.91. The second-order valence-corrected chi connectivity index (χ2v) is 10.1. The summed E-state index contributed by atoms with van der Waals surface area (Å²) in [4.78, 5) is 52.2. The van der Waals surface area contributed by atoms with Gasteiger partial charge < -0.3 is 20.4 Å². The fourth-order valence-electron chi connectivity index (χ4n) is 4.50. The second-order valence-electron chi connectivity index (χ2n) is 10.1. The minimum Gasteiger partial charge on any atom is -0.467 e. The number of aromatic amines is 1. The second kappa shape index (κ2) is 14.8. The molecule has 0 bridgehead atoms. The van der Waals surface area contributed by atoms with Crippen molar-refractivity contribution in [3.63, 3.8) is 0 Å². The third kappa shape index (κ3) is 8.90. The fraction of sp³-hybridized carbons (Fsp3) is 0.481. The zero-order chi connectivity index (χ0) is 29.1. The number of aryl methyl sites for hydroxylation is 1. The molecule has 0 spiro atoms. The molecule has 1 aromatic carbocycles. The molecular weight excluding hydrogens is 518 g/mol. The van der Waals surface area contributed by atoms with Gasteiger partial charge in [-0.2, -0.15) is 0 Å². The number of methoxy groups -OCH3 is 1. The maximum Gasteiger partial charge on any atom is 0.328 e. The molecule has 13 heteroatoms. The van der Waals surface area contributed by atoms with Crippen LogP contribution in [0.4, 0.5) is 0 Å². The number of para-hydroxylation sites is 1. The first kappa shape index (κ1) is 30.3. The van der Waals surface area contributed by atoms with Crippen molar-refractivity contribution in [1.82, 2.24) is 36.1 Å². The van der Waals surface area contributed by atoms with Crippen LogP contribution in [0, 0.1) is 11.8 Å². The number of amides is 3. The Kier molecular flexibility index (Phi) is 11.2. The lowest BCUT2D eigenvalue weighted by atomic mass is 9.93. The lowest BCUT2D eigenvalue weighted by Gasteiger charge is -2.17. The molecule has 216 valence electrons. The third-order valence-electron chi connectivity index (χ3n) is 6.42. The molecule has 0 fully saturated rings. The van der Waals surface area contributed by atoms with Crippen LogP contribution in [-0.4, -0.2) is 62.0 Å². The average molecular weight is 556 g/mol. The number of fused-ring (bicyclic) bond motifs is 1. The van der Waals surface area contributed by atoms with Crippen LogP contribution in [0.1, 0.15) is 50.8 Å². The summed E-state index contributed by atoms with van der Waals surface area (Å²) in [6.45, 7) is 4.43. The normalized spacial score (nSPS) is 12.6. The van der Waals surface area contributed by atoms with Crippen LogP contribution in [-0.2, 0) is 43.4 Å². The predicted molar refractivity (Wildman–Crippen MR) is 145 cm³/mol. The summed E-state index contributed by atoms with van der Waals surface area (Å²) in [7, 11) is 1.29. The summed E-state index contributed by atoms with van der Waals surface area (Å²) in [5.74, 6) is -2.12. The van der Waals surface area contributed by atoms with E-state index >= 15 is 0 Å². The molecule has 2 atom stereocenters. The average Bonchev–Trinajstić information content (AvgIpc) is 3.57. The zero-order valence-corrected chi connectivity index (χ0v) is 23.0. The van der Waals surface area contributed by atoms with E-state index in [9.17, 15) is 19.2 Å². The lowest BCUT2D eigenvalue weighted by molar-refractivity contribution is -0.145. The van der Waals surface area contributed by atoms with E-state index in [2.05, 4.69) is 25.9 Å². The van der Waals surface area contributed by atoms with E-state index in [1.807, 2.05) is 44.3 Å². The summed E-state index contributed by atoms with van der Waals surface area (Å²) in [5, 5.41) is 23.4. The van der Waals surface area contributed by atoms with Crippen LogP contribution in [0.15, 0.2) is 36.7 Å². The standard InChI is InChI=1S/C27H37N7O6/c1-17(2)11-18(13-25(36)32-39)26(37)29-15-20-16-34(33-31-20)10-6-9-24(35)30-23(27(38)40-3)12-19-14-28-22-8-5-4-7-21(19)22/h4-5,7-8,14,16-18,23,28,39H,6,9-13,15H2,1-3H3,(H,29,37)(H,30,35)(H,32,36)/t18?,23-/m0/s1. The van der Waals surface area contributed by atoms with E-state index in [-0.39, 0.29) is 37.1 Å². The van der Waals surface area contributed by atoms with E-state index in [1.54, 1.807) is 16.4 Å². The minimum atomic E-state index is -0.818. The number of carbonyl (C=O) groups is 4. The molecule has 3 rings (SSSR count). The molecule has 40 heavy (non-hydrogen) atoms. The first-order valence-corrected chi connectivity index (χ1v) is 13.2. The number of ether oxygens (including phenoxy) is 1. The van der Waals surface area contributed by atoms with Crippen LogP contribution >= 0.6 is 0 Å². The molecule has 3 amide bonds. The number of aromatic nitrogens is 4. The van der Waals surface area contributed by atoms with Crippen molar-refractivity contribution in [2.45, 2.75) is 65.1 Å². The van der Waals surface area contributed by atoms with Gasteiger partial charge >= 0.3 is 5.97 Å². The van der Waals surface area contributed by atoms with Crippen LogP contribution < -0.4 is 16.1 Å². The first-order chi connectivity index (χ1) is 19.2. The Morgan fingerprint density at radius 3 is 2.65 bits per heavy atom. The number of esters is 1. The maximum absolute atomic E-state index is 12.6. The van der Waals surface area contributed by atoms with Crippen LogP contribution in [0.3, 0.4) is 0 Å². The lowest BCUT2D eigenvalue weighted by Crippen LogP contribution is -2.43. The molecule has 0 aliphatic heterocycles. The third-order valence-corrected chi connectivity index (χ3v) is 6.42. The highest BCUT2D eigenvalue weighted by Gasteiger charge is 2.24. The van der Waals surface area contributed by atoms with E-state index in [0.717, 1.165) is 16.5 Å². The highest BCUT2D eigenvalue weighted by molar-refractivity contribution is 5.87. The number of nitrogens with one attached hydrogen (secondary N) is 4. The molecule has 0 saturated heterocycles. The van der Waals surface area contributed by atoms with Gasteiger partial charge in [0.1, 0.15) is 11.7 Å². The van der Waals surface area contributed by atoms with Crippen molar-refractivity contribution in [3.8, 4) is 0 Å². The molecule has 5 N–H and O–H groups in total. The summed E-state index contributed by atoms with van der Waals surface area (Å²) >= 11 is 0. The predicted octanol–water partition coefficient (Wildman–Crippen LogP) is 1.61. The Morgan fingerprint density at radius 2 is 1.93 bits per heavy atom. The minimum absolute atomic E-state index is 0.117. The van der Waals surface area contributed by atoms with E-state index in [0.29, 0.717) is 31.5 Å². The van der Waals surface area contributed by atoms with Crippen molar-refractivity contribution in [2.24, 2.45) is 11.8 Å². The molecule has 0 radical (unpaired) electrons. The Balaban J connectivity index is 1.46. The van der Waals surface area contributed by atoms with Gasteiger partial charge in [0.15, 0.2) is 0 Å². The molecular formula is C27H37N7O6. The van der Waals surface area contributed by atoms with Gasteiger partial charge in [0.25, 0.3) is 0 Å². The smallest absolute Gasteiger partial charge is 0.328 e. The number of nitrogens with zero attached hydrogens (tertiary/aromatic N) is 3. The molecule has 2 heterocycles. The summed E-state index contributed by atoms with van der Waals surface area (Å²) in [5.41, 5.74) is 3.94. The van der Waals surface area contributed by atoms with Gasteiger partial charge in [0.2, 0.25) is 17.7 Å². The van der Waals surface area contributed by atoms with Gasteiger partial charge in [-0.3, -0.25) is 24.3 Å². The fourth-order valence-corrected chi connectivity index (χ4v) is 4.50. The van der Waals surface area contributed by atoms with Crippen LogP contribution in [0.5, 0.6) is 0 Å². The van der Waals surface area contributed by atoms with Crippen molar-refractivity contribution in [3.05, 3.63) is 47.9 Å². The molecule has 0 aliphatic carbocycles. The molecule has 1 unspecified atom stereocenters. The molecule has 3 aromatic rings. The van der Waals surface area contributed by atoms with Crippen molar-refractivity contribution in [2.75, 3.05) is 7.11 Å². The Bertz CT molecular complexity index is 1300. The van der Waals surface area contributed by atoms with Crippen molar-refractivity contribution in [1.29, 1.82) is 0 Å². The van der Waals surface area contributed by atoms with Gasteiger partial charge in [0.05, 0.1) is 19.9 Å². The van der Waals surface area contributed by atoms with Crippen molar-refractivity contribution < 1.29 is 29.1 Å². The maximum atomic E-state index is 12.6. The number of carbonyl (C=O) groups excluding carboxylic acids is 4. The monoisotopic (exact) mass is 555 g/mol. The highest BCUT2D eigenvalue weighted by atomic mass is 16.5. The van der Waals surface area contributed by atoms with E-state index in [1.165, 1.54) is 7.11 Å². The molecule has 13 nitrogen and oxygen atoms in total. The SMILES string of the molecule is COC(=O)[C@H](Cc1c[nH]c2ccccc12)NC(=O)CCCn1cc(CNC(=O)C(CC(=O)NO)CC(C)C)nn1.